The Labute approximate surface area is 165 Å². The number of aromatic nitrogens is 1. The van der Waals surface area contributed by atoms with E-state index >= 15 is 0 Å². The van der Waals surface area contributed by atoms with Gasteiger partial charge in [0.25, 0.3) is 0 Å². The number of likely N-dealkylation sites (tertiary alicyclic amines) is 1. The minimum atomic E-state index is -0.103. The number of benzene rings is 1. The quantitative estimate of drug-likeness (QED) is 0.667. The molecule has 5 nitrogen and oxygen atoms in total. The smallest absolute Gasteiger partial charge is 0.320 e. The number of hydrogen-bond donors (Lipinski definition) is 0. The SMILES string of the molecule is O=C(N1CCC1)N1CCO[C@H]2c3cc(C#Cc4ccccc4)cnc3CC[C@H]21. The van der Waals surface area contributed by atoms with Gasteiger partial charge < -0.3 is 14.5 Å². The van der Waals surface area contributed by atoms with E-state index in [1.54, 1.807) is 0 Å². The number of urea groups is 1. The Hall–Kier alpha value is -2.84. The van der Waals surface area contributed by atoms with Gasteiger partial charge in [-0.3, -0.25) is 4.98 Å². The molecule has 0 spiro atoms. The zero-order valence-electron chi connectivity index (χ0n) is 15.8. The van der Waals surface area contributed by atoms with Crippen LogP contribution in [0.5, 0.6) is 0 Å². The third-order valence-corrected chi connectivity index (χ3v) is 5.86. The number of rotatable bonds is 0. The van der Waals surface area contributed by atoms with Gasteiger partial charge in [-0.05, 0) is 37.5 Å². The summed E-state index contributed by atoms with van der Waals surface area (Å²) in [7, 11) is 0. The highest BCUT2D eigenvalue weighted by Crippen LogP contribution is 2.38. The van der Waals surface area contributed by atoms with Gasteiger partial charge in [-0.1, -0.05) is 30.0 Å². The monoisotopic (exact) mass is 373 g/mol. The maximum atomic E-state index is 12.8. The van der Waals surface area contributed by atoms with Crippen LogP contribution in [0.4, 0.5) is 4.79 Å². The molecule has 1 aromatic carbocycles. The standard InChI is InChI=1S/C23H23N3O2/c27-23(25-11-4-12-25)26-13-14-28-22-19-15-18(8-7-17-5-2-1-3-6-17)16-24-20(19)9-10-21(22)26/h1-3,5-6,15-16,21-22H,4,9-14H2/t21-,22+/m1/s1. The molecule has 0 saturated carbocycles. The number of nitrogens with zero attached hydrogens (tertiary/aromatic N) is 3. The van der Waals surface area contributed by atoms with E-state index < -0.39 is 0 Å². The molecule has 0 N–H and O–H groups in total. The molecule has 3 heterocycles. The van der Waals surface area contributed by atoms with E-state index in [1.165, 1.54) is 0 Å². The molecule has 2 amide bonds. The van der Waals surface area contributed by atoms with Crippen LogP contribution >= 0.6 is 0 Å². The summed E-state index contributed by atoms with van der Waals surface area (Å²) in [5.74, 6) is 6.42. The fourth-order valence-corrected chi connectivity index (χ4v) is 4.23. The third kappa shape index (κ3) is 3.14. The Kier molecular flexibility index (Phi) is 4.50. The van der Waals surface area contributed by atoms with Gasteiger partial charge in [-0.2, -0.15) is 0 Å². The average Bonchev–Trinajstić information content (AvgIpc) is 2.71. The molecular weight excluding hydrogens is 350 g/mol. The second-order valence-electron chi connectivity index (χ2n) is 7.59. The van der Waals surface area contributed by atoms with E-state index in [4.69, 9.17) is 4.74 Å². The number of fused-ring (bicyclic) bond motifs is 3. The number of amides is 2. The van der Waals surface area contributed by atoms with Crippen LogP contribution in [0.3, 0.4) is 0 Å². The highest BCUT2D eigenvalue weighted by atomic mass is 16.5. The molecule has 2 fully saturated rings. The second kappa shape index (κ2) is 7.29. The fourth-order valence-electron chi connectivity index (χ4n) is 4.23. The number of carbonyl (C=O) groups is 1. The van der Waals surface area contributed by atoms with Crippen LogP contribution in [-0.4, -0.2) is 53.1 Å². The first kappa shape index (κ1) is 17.3. The van der Waals surface area contributed by atoms with Crippen molar-refractivity contribution < 1.29 is 9.53 Å². The van der Waals surface area contributed by atoms with E-state index in [2.05, 4.69) is 22.9 Å². The van der Waals surface area contributed by atoms with Crippen LogP contribution in [0.25, 0.3) is 0 Å². The largest absolute Gasteiger partial charge is 0.369 e. The molecule has 2 aliphatic heterocycles. The van der Waals surface area contributed by atoms with Gasteiger partial charge in [0.15, 0.2) is 0 Å². The van der Waals surface area contributed by atoms with E-state index in [-0.39, 0.29) is 18.2 Å². The highest BCUT2D eigenvalue weighted by molar-refractivity contribution is 5.76. The molecule has 142 valence electrons. The number of hydrogen-bond acceptors (Lipinski definition) is 3. The summed E-state index contributed by atoms with van der Waals surface area (Å²) in [5, 5.41) is 0. The topological polar surface area (TPSA) is 45.7 Å². The first-order valence-corrected chi connectivity index (χ1v) is 10.0. The summed E-state index contributed by atoms with van der Waals surface area (Å²) in [5.41, 5.74) is 4.04. The molecule has 5 rings (SSSR count). The van der Waals surface area contributed by atoms with Crippen molar-refractivity contribution in [3.05, 3.63) is 65.0 Å². The van der Waals surface area contributed by atoms with Crippen molar-refractivity contribution in [1.29, 1.82) is 0 Å². The summed E-state index contributed by atoms with van der Waals surface area (Å²) in [6.07, 6.45) is 4.63. The first-order chi connectivity index (χ1) is 13.8. The summed E-state index contributed by atoms with van der Waals surface area (Å²) in [6, 6.07) is 12.3. The van der Waals surface area contributed by atoms with Crippen LogP contribution in [0, 0.1) is 11.8 Å². The molecule has 5 heteroatoms. The predicted molar refractivity (Wildman–Crippen MR) is 106 cm³/mol. The lowest BCUT2D eigenvalue weighted by Gasteiger charge is -2.47. The fraction of sp³-hybridized carbons (Fsp3) is 0.391. The van der Waals surface area contributed by atoms with E-state index in [9.17, 15) is 4.79 Å². The number of carbonyl (C=O) groups excluding carboxylic acids is 1. The van der Waals surface area contributed by atoms with Gasteiger partial charge in [0.2, 0.25) is 0 Å². The maximum Gasteiger partial charge on any atom is 0.320 e. The Bertz CT molecular complexity index is 943. The lowest BCUT2D eigenvalue weighted by Crippen LogP contribution is -2.58. The number of ether oxygens (including phenoxy) is 1. The number of pyridine rings is 1. The van der Waals surface area contributed by atoms with Gasteiger partial charge in [0.05, 0.1) is 12.6 Å². The van der Waals surface area contributed by atoms with Crippen molar-refractivity contribution in [2.75, 3.05) is 26.2 Å². The van der Waals surface area contributed by atoms with E-state index in [0.29, 0.717) is 13.2 Å². The van der Waals surface area contributed by atoms with Gasteiger partial charge >= 0.3 is 6.03 Å². The van der Waals surface area contributed by atoms with Crippen molar-refractivity contribution in [3.8, 4) is 11.8 Å². The van der Waals surface area contributed by atoms with Crippen LogP contribution in [-0.2, 0) is 11.2 Å². The molecule has 2 aromatic rings. The summed E-state index contributed by atoms with van der Waals surface area (Å²) >= 11 is 0. The molecule has 3 aliphatic rings. The van der Waals surface area contributed by atoms with Crippen LogP contribution in [0.2, 0.25) is 0 Å². The van der Waals surface area contributed by atoms with Gasteiger partial charge in [-0.25, -0.2) is 4.79 Å². The van der Waals surface area contributed by atoms with Gasteiger partial charge in [0, 0.05) is 48.2 Å². The summed E-state index contributed by atoms with van der Waals surface area (Å²) in [4.78, 5) is 21.5. The Morgan fingerprint density at radius 2 is 1.93 bits per heavy atom. The Balaban J connectivity index is 1.42. The molecule has 2 atom stereocenters. The molecule has 0 bridgehead atoms. The highest BCUT2D eigenvalue weighted by Gasteiger charge is 2.41. The van der Waals surface area contributed by atoms with Crippen LogP contribution in [0.15, 0.2) is 42.6 Å². The van der Waals surface area contributed by atoms with Crippen molar-refractivity contribution in [1.82, 2.24) is 14.8 Å². The molecule has 0 radical (unpaired) electrons. The van der Waals surface area contributed by atoms with Gasteiger partial charge in [0.1, 0.15) is 6.10 Å². The molecular formula is C23H23N3O2. The predicted octanol–water partition coefficient (Wildman–Crippen LogP) is 3.00. The van der Waals surface area contributed by atoms with Crippen molar-refractivity contribution in [2.24, 2.45) is 0 Å². The zero-order valence-corrected chi connectivity index (χ0v) is 15.8. The third-order valence-electron chi connectivity index (χ3n) is 5.86. The second-order valence-corrected chi connectivity index (χ2v) is 7.59. The Morgan fingerprint density at radius 1 is 1.11 bits per heavy atom. The molecule has 1 aromatic heterocycles. The Morgan fingerprint density at radius 3 is 2.71 bits per heavy atom. The minimum Gasteiger partial charge on any atom is -0.369 e. The average molecular weight is 373 g/mol. The molecule has 28 heavy (non-hydrogen) atoms. The lowest BCUT2D eigenvalue weighted by molar-refractivity contribution is -0.0696. The molecule has 0 unspecified atom stereocenters. The first-order valence-electron chi connectivity index (χ1n) is 10.0. The summed E-state index contributed by atoms with van der Waals surface area (Å²) in [6.45, 7) is 3.00. The number of morpholine rings is 1. The normalized spacial score (nSPS) is 23.0. The molecule has 1 aliphatic carbocycles. The molecule has 2 saturated heterocycles. The maximum absolute atomic E-state index is 12.8. The van der Waals surface area contributed by atoms with Crippen LogP contribution in [0.1, 0.15) is 41.3 Å². The lowest BCUT2D eigenvalue weighted by atomic mass is 9.86. The van der Waals surface area contributed by atoms with Crippen molar-refractivity contribution in [3.63, 3.8) is 0 Å². The zero-order chi connectivity index (χ0) is 18.9. The van der Waals surface area contributed by atoms with Gasteiger partial charge in [-0.15, -0.1) is 0 Å². The van der Waals surface area contributed by atoms with Crippen LogP contribution < -0.4 is 0 Å². The summed E-state index contributed by atoms with van der Waals surface area (Å²) < 4.78 is 6.14. The van der Waals surface area contributed by atoms with Crippen molar-refractivity contribution in [2.45, 2.75) is 31.4 Å². The van der Waals surface area contributed by atoms with Crippen molar-refractivity contribution >= 4 is 6.03 Å². The number of aryl methyl sites for hydroxylation is 1. The van der Waals surface area contributed by atoms with E-state index in [1.807, 2.05) is 46.3 Å². The minimum absolute atomic E-state index is 0.0912. The van der Waals surface area contributed by atoms with E-state index in [0.717, 1.165) is 54.7 Å².